The third-order valence-corrected chi connectivity index (χ3v) is 2.36. The number of benzene rings is 1. The van der Waals surface area contributed by atoms with Gasteiger partial charge >= 0.3 is 0 Å². The lowest BCUT2D eigenvalue weighted by atomic mass is 10.2. The number of halogens is 2. The fourth-order valence-corrected chi connectivity index (χ4v) is 1.91. The second-order valence-corrected chi connectivity index (χ2v) is 3.85. The number of aldehydes is 1. The van der Waals surface area contributed by atoms with Crippen LogP contribution in [0, 0.1) is 0 Å². The molecular formula is C9H5BrClO4-. The maximum atomic E-state index is 10.5. The smallest absolute Gasteiger partial charge is 0.152 e. The Morgan fingerprint density at radius 2 is 2.27 bits per heavy atom. The van der Waals surface area contributed by atoms with E-state index in [0.717, 1.165) is 0 Å². The summed E-state index contributed by atoms with van der Waals surface area (Å²) in [7, 11) is 0. The lowest BCUT2D eigenvalue weighted by Crippen LogP contribution is -2.29. The Hall–Kier alpha value is -1.07. The van der Waals surface area contributed by atoms with Gasteiger partial charge in [0.2, 0.25) is 0 Å². The SMILES string of the molecule is O=Cc1cc(Cl)c(OCC(=O)[O-])c(Br)c1. The number of carbonyl (C=O) groups is 2. The van der Waals surface area contributed by atoms with E-state index in [1.807, 2.05) is 0 Å². The van der Waals surface area contributed by atoms with Gasteiger partial charge in [0.25, 0.3) is 0 Å². The molecule has 0 radical (unpaired) electrons. The molecule has 0 bridgehead atoms. The monoisotopic (exact) mass is 291 g/mol. The van der Waals surface area contributed by atoms with Crippen molar-refractivity contribution in [1.82, 2.24) is 0 Å². The summed E-state index contributed by atoms with van der Waals surface area (Å²) in [6, 6.07) is 2.85. The molecule has 0 fully saturated rings. The lowest BCUT2D eigenvalue weighted by molar-refractivity contribution is -0.307. The summed E-state index contributed by atoms with van der Waals surface area (Å²) in [4.78, 5) is 20.6. The molecule has 0 atom stereocenters. The van der Waals surface area contributed by atoms with E-state index >= 15 is 0 Å². The van der Waals surface area contributed by atoms with Gasteiger partial charge in [0.1, 0.15) is 12.9 Å². The first kappa shape index (κ1) is 12.0. The number of carboxylic acid groups (broad SMARTS) is 1. The van der Waals surface area contributed by atoms with Crippen molar-refractivity contribution in [2.24, 2.45) is 0 Å². The van der Waals surface area contributed by atoms with Crippen LogP contribution >= 0.6 is 27.5 Å². The first-order valence-corrected chi connectivity index (χ1v) is 4.98. The lowest BCUT2D eigenvalue weighted by Gasteiger charge is -2.10. The van der Waals surface area contributed by atoms with Crippen LogP contribution in [0.3, 0.4) is 0 Å². The number of hydrogen-bond donors (Lipinski definition) is 0. The van der Waals surface area contributed by atoms with Gasteiger partial charge in [-0.15, -0.1) is 0 Å². The molecule has 0 spiro atoms. The molecular weight excluding hydrogens is 287 g/mol. The summed E-state index contributed by atoms with van der Waals surface area (Å²) in [5.74, 6) is -1.18. The van der Waals surface area contributed by atoms with Gasteiger partial charge in [-0.1, -0.05) is 11.6 Å². The minimum absolute atomic E-state index is 0.160. The third-order valence-electron chi connectivity index (χ3n) is 1.49. The van der Waals surface area contributed by atoms with Crippen LogP contribution in [0.4, 0.5) is 0 Å². The van der Waals surface area contributed by atoms with Crippen molar-refractivity contribution in [2.45, 2.75) is 0 Å². The third kappa shape index (κ3) is 3.21. The summed E-state index contributed by atoms with van der Waals surface area (Å²) in [5, 5.41) is 10.3. The van der Waals surface area contributed by atoms with Gasteiger partial charge in [0, 0.05) is 5.56 Å². The molecule has 0 heterocycles. The molecule has 0 saturated carbocycles. The maximum absolute atomic E-state index is 10.5. The van der Waals surface area contributed by atoms with Crippen LogP contribution in [0.5, 0.6) is 5.75 Å². The summed E-state index contributed by atoms with van der Waals surface area (Å²) in [6.45, 7) is -0.598. The van der Waals surface area contributed by atoms with E-state index in [1.165, 1.54) is 12.1 Å². The molecule has 0 aliphatic carbocycles. The van der Waals surface area contributed by atoms with Crippen molar-refractivity contribution in [3.05, 3.63) is 27.2 Å². The van der Waals surface area contributed by atoms with E-state index in [0.29, 0.717) is 16.3 Å². The van der Waals surface area contributed by atoms with E-state index in [4.69, 9.17) is 16.3 Å². The fraction of sp³-hybridized carbons (Fsp3) is 0.111. The van der Waals surface area contributed by atoms with Crippen molar-refractivity contribution in [3.8, 4) is 5.75 Å². The zero-order valence-corrected chi connectivity index (χ0v) is 9.67. The van der Waals surface area contributed by atoms with E-state index in [2.05, 4.69) is 15.9 Å². The number of hydrogen-bond acceptors (Lipinski definition) is 4. The molecule has 0 aliphatic rings. The summed E-state index contributed by atoms with van der Waals surface area (Å²) >= 11 is 8.88. The van der Waals surface area contributed by atoms with Crippen LogP contribution < -0.4 is 9.84 Å². The second-order valence-electron chi connectivity index (χ2n) is 2.59. The van der Waals surface area contributed by atoms with Crippen molar-refractivity contribution in [3.63, 3.8) is 0 Å². The number of carbonyl (C=O) groups excluding carboxylic acids is 2. The normalized spacial score (nSPS) is 9.73. The van der Waals surface area contributed by atoms with Gasteiger partial charge in [-0.25, -0.2) is 0 Å². The minimum Gasteiger partial charge on any atom is -0.546 e. The highest BCUT2D eigenvalue weighted by Crippen LogP contribution is 2.33. The first-order chi connectivity index (χ1) is 7.04. The number of ether oxygens (including phenoxy) is 1. The number of rotatable bonds is 4. The molecule has 0 amide bonds. The Morgan fingerprint density at radius 1 is 1.60 bits per heavy atom. The average Bonchev–Trinajstić information content (AvgIpc) is 2.15. The Labute approximate surface area is 98.9 Å². The van der Waals surface area contributed by atoms with E-state index in [-0.39, 0.29) is 10.8 Å². The molecule has 4 nitrogen and oxygen atoms in total. The topological polar surface area (TPSA) is 66.4 Å². The molecule has 6 heteroatoms. The van der Waals surface area contributed by atoms with Crippen LogP contribution in [-0.4, -0.2) is 18.9 Å². The fourth-order valence-electron chi connectivity index (χ4n) is 0.917. The summed E-state index contributed by atoms with van der Waals surface area (Å²) < 4.78 is 5.29. The largest absolute Gasteiger partial charge is 0.546 e. The zero-order valence-electron chi connectivity index (χ0n) is 7.33. The van der Waals surface area contributed by atoms with Gasteiger partial charge in [0.05, 0.1) is 15.5 Å². The molecule has 0 saturated heterocycles. The van der Waals surface area contributed by atoms with Gasteiger partial charge in [0.15, 0.2) is 5.75 Å². The Bertz CT molecular complexity index is 382. The van der Waals surface area contributed by atoms with Crippen molar-refractivity contribution < 1.29 is 19.4 Å². The van der Waals surface area contributed by atoms with E-state index in [1.54, 1.807) is 0 Å². The molecule has 0 aromatic heterocycles. The predicted molar refractivity (Wildman–Crippen MR) is 55.0 cm³/mol. The zero-order chi connectivity index (χ0) is 11.4. The average molecular weight is 292 g/mol. The first-order valence-electron chi connectivity index (χ1n) is 3.81. The van der Waals surface area contributed by atoms with E-state index < -0.39 is 12.6 Å². The quantitative estimate of drug-likeness (QED) is 0.778. The summed E-state index contributed by atoms with van der Waals surface area (Å²) in [6.07, 6.45) is 0.624. The molecule has 1 aromatic carbocycles. The van der Waals surface area contributed by atoms with Crippen LogP contribution in [0.25, 0.3) is 0 Å². The molecule has 15 heavy (non-hydrogen) atoms. The van der Waals surface area contributed by atoms with Gasteiger partial charge in [-0.2, -0.15) is 0 Å². The molecule has 0 unspecified atom stereocenters. The standard InChI is InChI=1S/C9H6BrClO4/c10-6-1-5(3-12)2-7(11)9(6)15-4-8(13)14/h1-3H,4H2,(H,13,14)/p-1. The van der Waals surface area contributed by atoms with Crippen molar-refractivity contribution in [1.29, 1.82) is 0 Å². The molecule has 0 N–H and O–H groups in total. The maximum Gasteiger partial charge on any atom is 0.152 e. The van der Waals surface area contributed by atoms with Crippen LogP contribution in [0.15, 0.2) is 16.6 Å². The molecule has 1 aromatic rings. The molecule has 1 rings (SSSR count). The molecule has 0 aliphatic heterocycles. The van der Waals surface area contributed by atoms with Crippen LogP contribution in [0.1, 0.15) is 10.4 Å². The predicted octanol–water partition coefficient (Wildman–Crippen LogP) is 1.04. The minimum atomic E-state index is -1.35. The van der Waals surface area contributed by atoms with Gasteiger partial charge in [-0.3, -0.25) is 4.79 Å². The highest BCUT2D eigenvalue weighted by molar-refractivity contribution is 9.10. The Balaban J connectivity index is 2.97. The number of aliphatic carboxylic acids is 1. The van der Waals surface area contributed by atoms with Crippen LogP contribution in [-0.2, 0) is 4.79 Å². The van der Waals surface area contributed by atoms with Crippen molar-refractivity contribution in [2.75, 3.05) is 6.61 Å². The van der Waals surface area contributed by atoms with Gasteiger partial charge in [-0.05, 0) is 28.1 Å². The van der Waals surface area contributed by atoms with Crippen LogP contribution in [0.2, 0.25) is 5.02 Å². The Morgan fingerprint density at radius 3 is 2.73 bits per heavy atom. The highest BCUT2D eigenvalue weighted by atomic mass is 79.9. The van der Waals surface area contributed by atoms with Crippen molar-refractivity contribution >= 4 is 39.8 Å². The van der Waals surface area contributed by atoms with E-state index in [9.17, 15) is 14.7 Å². The van der Waals surface area contributed by atoms with Gasteiger partial charge < -0.3 is 14.6 Å². The summed E-state index contributed by atoms with van der Waals surface area (Å²) in [5.41, 5.74) is 0.368. The second kappa shape index (κ2) is 5.14. The molecule has 80 valence electrons. The Kier molecular flexibility index (Phi) is 4.11. The highest BCUT2D eigenvalue weighted by Gasteiger charge is 2.08. The number of carboxylic acids is 1.